The SMILES string of the molecule is CCCC(=O)Nc1cccc(-c2nc(Nc3ccc4c(c3)C=NC4)c3cc(OCCN4CCC(O)C4)ccc3n2)c1. The average Bonchev–Trinajstić information content (AvgIpc) is 3.61. The number of anilines is 3. The minimum atomic E-state index is -0.241. The number of aromatic nitrogens is 2. The molecule has 1 fully saturated rings. The largest absolute Gasteiger partial charge is 0.492 e. The summed E-state index contributed by atoms with van der Waals surface area (Å²) in [4.78, 5) is 28.6. The van der Waals surface area contributed by atoms with Crippen LogP contribution in [-0.4, -0.2) is 64.4 Å². The standard InChI is InChI=1S/C32H34N6O3/c1-2-4-30(40)34-24-6-3-5-21(15-24)31-36-29-10-9-27(41-14-13-38-12-11-26(39)20-38)17-28(29)32(37-31)35-25-8-7-22-18-33-19-23(22)16-25/h3,5-10,15-17,19,26,39H,2,4,11-14,18,20H2,1H3,(H,34,40)(H,35,36,37). The van der Waals surface area contributed by atoms with Gasteiger partial charge in [0.25, 0.3) is 0 Å². The van der Waals surface area contributed by atoms with Crippen LogP contribution in [0.4, 0.5) is 17.2 Å². The maximum atomic E-state index is 12.2. The number of nitrogens with zero attached hydrogens (tertiary/aromatic N) is 4. The summed E-state index contributed by atoms with van der Waals surface area (Å²) >= 11 is 0. The molecule has 3 aromatic carbocycles. The summed E-state index contributed by atoms with van der Waals surface area (Å²) in [5, 5.41) is 17.1. The first-order valence-electron chi connectivity index (χ1n) is 14.2. The summed E-state index contributed by atoms with van der Waals surface area (Å²) in [6.07, 6.45) is 3.73. The van der Waals surface area contributed by atoms with Crippen LogP contribution in [0.5, 0.6) is 5.75 Å². The van der Waals surface area contributed by atoms with E-state index in [1.54, 1.807) is 0 Å². The number of carbonyl (C=O) groups is 1. The van der Waals surface area contributed by atoms with Crippen molar-refractivity contribution in [1.29, 1.82) is 0 Å². The van der Waals surface area contributed by atoms with E-state index >= 15 is 0 Å². The number of amides is 1. The van der Waals surface area contributed by atoms with Crippen molar-refractivity contribution in [3.8, 4) is 17.1 Å². The number of fused-ring (bicyclic) bond motifs is 2. The predicted molar refractivity (Wildman–Crippen MR) is 162 cm³/mol. The van der Waals surface area contributed by atoms with Gasteiger partial charge in [0.2, 0.25) is 5.91 Å². The van der Waals surface area contributed by atoms with Crippen molar-refractivity contribution < 1.29 is 14.6 Å². The van der Waals surface area contributed by atoms with Gasteiger partial charge in [-0.1, -0.05) is 25.1 Å². The zero-order valence-electron chi connectivity index (χ0n) is 23.1. The molecule has 41 heavy (non-hydrogen) atoms. The first-order valence-corrected chi connectivity index (χ1v) is 14.2. The predicted octanol–water partition coefficient (Wildman–Crippen LogP) is 5.16. The number of carbonyl (C=O) groups excluding carboxylic acids is 1. The van der Waals surface area contributed by atoms with Crippen LogP contribution in [0.3, 0.4) is 0 Å². The maximum absolute atomic E-state index is 12.2. The number of hydrogen-bond donors (Lipinski definition) is 3. The van der Waals surface area contributed by atoms with Crippen molar-refractivity contribution in [2.75, 3.05) is 36.9 Å². The topological polar surface area (TPSA) is 112 Å². The van der Waals surface area contributed by atoms with Gasteiger partial charge in [-0.2, -0.15) is 0 Å². The molecule has 3 heterocycles. The van der Waals surface area contributed by atoms with E-state index < -0.39 is 0 Å². The number of aliphatic hydroxyl groups is 1. The van der Waals surface area contributed by atoms with E-state index in [0.717, 1.165) is 59.4 Å². The third kappa shape index (κ3) is 6.37. The molecule has 1 saturated heterocycles. The number of β-amino-alcohol motifs (C(OH)–C–C–N with tert-alkyl or cyclic N) is 1. The molecule has 0 radical (unpaired) electrons. The quantitative estimate of drug-likeness (QED) is 0.250. The summed E-state index contributed by atoms with van der Waals surface area (Å²) in [5.41, 5.74) is 5.50. The molecule has 1 atom stereocenters. The Morgan fingerprint density at radius 3 is 2.88 bits per heavy atom. The number of likely N-dealkylation sites (tertiary alicyclic amines) is 1. The Morgan fingerprint density at radius 1 is 1.10 bits per heavy atom. The molecule has 9 heteroatoms. The van der Waals surface area contributed by atoms with Crippen LogP contribution in [0.1, 0.15) is 37.3 Å². The van der Waals surface area contributed by atoms with Crippen molar-refractivity contribution in [3.63, 3.8) is 0 Å². The first kappa shape index (κ1) is 26.9. The number of nitrogens with one attached hydrogen (secondary N) is 2. The fourth-order valence-corrected chi connectivity index (χ4v) is 5.23. The first-order chi connectivity index (χ1) is 20.0. The summed E-state index contributed by atoms with van der Waals surface area (Å²) in [6, 6.07) is 19.7. The molecule has 2 aliphatic heterocycles. The third-order valence-electron chi connectivity index (χ3n) is 7.37. The van der Waals surface area contributed by atoms with Crippen LogP contribution in [0.2, 0.25) is 0 Å². The van der Waals surface area contributed by atoms with Crippen LogP contribution in [0.25, 0.3) is 22.3 Å². The summed E-state index contributed by atoms with van der Waals surface area (Å²) in [5.74, 6) is 1.93. The van der Waals surface area contributed by atoms with Crippen LogP contribution >= 0.6 is 0 Å². The fraction of sp³-hybridized carbons (Fsp3) is 0.312. The van der Waals surface area contributed by atoms with Gasteiger partial charge in [0.05, 0.1) is 18.2 Å². The van der Waals surface area contributed by atoms with Crippen molar-refractivity contribution in [1.82, 2.24) is 14.9 Å². The zero-order chi connectivity index (χ0) is 28.2. The van der Waals surface area contributed by atoms with E-state index in [2.05, 4.69) is 32.7 Å². The highest BCUT2D eigenvalue weighted by Crippen LogP contribution is 2.32. The second-order valence-electron chi connectivity index (χ2n) is 10.6. The number of ether oxygens (including phenoxy) is 1. The molecule has 2 aliphatic rings. The molecule has 4 aromatic rings. The Kier molecular flexibility index (Phi) is 7.89. The molecule has 1 amide bonds. The van der Waals surface area contributed by atoms with E-state index in [4.69, 9.17) is 14.7 Å². The van der Waals surface area contributed by atoms with Gasteiger partial charge < -0.3 is 20.5 Å². The highest BCUT2D eigenvalue weighted by Gasteiger charge is 2.20. The maximum Gasteiger partial charge on any atom is 0.224 e. The van der Waals surface area contributed by atoms with Gasteiger partial charge in [-0.25, -0.2) is 9.97 Å². The normalized spacial score (nSPS) is 16.2. The molecule has 9 nitrogen and oxygen atoms in total. The molecule has 0 spiro atoms. The second-order valence-corrected chi connectivity index (χ2v) is 10.6. The fourth-order valence-electron chi connectivity index (χ4n) is 5.23. The molecule has 1 unspecified atom stereocenters. The van der Waals surface area contributed by atoms with Crippen molar-refractivity contribution in [3.05, 3.63) is 71.8 Å². The number of hydrogen-bond acceptors (Lipinski definition) is 8. The van der Waals surface area contributed by atoms with Crippen LogP contribution in [0.15, 0.2) is 65.7 Å². The van der Waals surface area contributed by atoms with Gasteiger partial charge in [-0.15, -0.1) is 0 Å². The molecule has 0 aliphatic carbocycles. The molecule has 0 saturated carbocycles. The summed E-state index contributed by atoms with van der Waals surface area (Å²) in [7, 11) is 0. The van der Waals surface area contributed by atoms with Crippen LogP contribution in [0, 0.1) is 0 Å². The molecule has 6 rings (SSSR count). The lowest BCUT2D eigenvalue weighted by molar-refractivity contribution is -0.116. The van der Waals surface area contributed by atoms with Crippen molar-refractivity contribution in [2.45, 2.75) is 38.8 Å². The Bertz CT molecular complexity index is 1600. The lowest BCUT2D eigenvalue weighted by atomic mass is 10.1. The Labute approximate surface area is 239 Å². The van der Waals surface area contributed by atoms with Crippen LogP contribution in [-0.2, 0) is 11.3 Å². The molecule has 0 bridgehead atoms. The van der Waals surface area contributed by atoms with Gasteiger partial charge in [-0.05, 0) is 66.4 Å². The summed E-state index contributed by atoms with van der Waals surface area (Å²) < 4.78 is 6.10. The molecule has 3 N–H and O–H groups in total. The third-order valence-corrected chi connectivity index (χ3v) is 7.37. The Balaban J connectivity index is 1.31. The lowest BCUT2D eigenvalue weighted by Gasteiger charge is -2.16. The van der Waals surface area contributed by atoms with E-state index in [0.29, 0.717) is 43.4 Å². The zero-order valence-corrected chi connectivity index (χ0v) is 23.1. The Hall–Kier alpha value is -4.34. The van der Waals surface area contributed by atoms with E-state index in [1.807, 2.05) is 61.7 Å². The molecule has 210 valence electrons. The molecular weight excluding hydrogens is 516 g/mol. The number of benzene rings is 3. The second kappa shape index (κ2) is 12.0. The lowest BCUT2D eigenvalue weighted by Crippen LogP contribution is -2.27. The van der Waals surface area contributed by atoms with Gasteiger partial charge >= 0.3 is 0 Å². The minimum absolute atomic E-state index is 0.0139. The number of rotatable bonds is 10. The van der Waals surface area contributed by atoms with Gasteiger partial charge in [0.15, 0.2) is 5.82 Å². The number of aliphatic hydroxyl groups excluding tert-OH is 1. The van der Waals surface area contributed by atoms with Gasteiger partial charge in [-0.3, -0.25) is 14.7 Å². The van der Waals surface area contributed by atoms with E-state index in [9.17, 15) is 9.90 Å². The van der Waals surface area contributed by atoms with E-state index in [-0.39, 0.29) is 12.0 Å². The minimum Gasteiger partial charge on any atom is -0.492 e. The number of aliphatic imine (C=N–C) groups is 1. The van der Waals surface area contributed by atoms with Crippen molar-refractivity contribution in [2.24, 2.45) is 4.99 Å². The van der Waals surface area contributed by atoms with E-state index in [1.165, 1.54) is 5.56 Å². The van der Waals surface area contributed by atoms with Crippen molar-refractivity contribution >= 4 is 40.2 Å². The summed E-state index contributed by atoms with van der Waals surface area (Å²) in [6.45, 7) is 5.57. The smallest absolute Gasteiger partial charge is 0.224 e. The molecular formula is C32H34N6O3. The Morgan fingerprint density at radius 2 is 2.02 bits per heavy atom. The highest BCUT2D eigenvalue weighted by molar-refractivity contribution is 5.95. The highest BCUT2D eigenvalue weighted by atomic mass is 16.5. The van der Waals surface area contributed by atoms with Crippen LogP contribution < -0.4 is 15.4 Å². The van der Waals surface area contributed by atoms with Gasteiger partial charge in [0.1, 0.15) is 18.2 Å². The average molecular weight is 551 g/mol. The monoisotopic (exact) mass is 550 g/mol. The molecule has 1 aromatic heterocycles. The van der Waals surface area contributed by atoms with Gasteiger partial charge in [0, 0.05) is 54.6 Å².